The number of nitrogens with zero attached hydrogens (tertiary/aromatic N) is 1. The SMILES string of the molecule is COCCOCCOCCCCCCN1C[C@H](O)[C@@H](O)[C@H](O)[C@H]1CO. The average Bonchev–Trinajstić information content (AvgIpc) is 2.61. The molecule has 4 atom stereocenters. The van der Waals surface area contributed by atoms with Crippen LogP contribution in [-0.2, 0) is 14.2 Å². The fraction of sp³-hybridized carbons (Fsp3) is 1.00. The normalized spacial score (nSPS) is 27.7. The quantitative estimate of drug-likeness (QED) is 0.290. The van der Waals surface area contributed by atoms with Gasteiger partial charge in [0.25, 0.3) is 0 Å². The van der Waals surface area contributed by atoms with E-state index in [4.69, 9.17) is 14.2 Å². The van der Waals surface area contributed by atoms with Crippen molar-refractivity contribution in [2.24, 2.45) is 0 Å². The van der Waals surface area contributed by atoms with Gasteiger partial charge < -0.3 is 34.6 Å². The average molecular weight is 365 g/mol. The molecule has 0 aromatic rings. The van der Waals surface area contributed by atoms with Gasteiger partial charge in [-0.3, -0.25) is 4.90 Å². The lowest BCUT2D eigenvalue weighted by Gasteiger charge is -2.43. The van der Waals surface area contributed by atoms with Gasteiger partial charge in [-0.1, -0.05) is 12.8 Å². The Morgan fingerprint density at radius 1 is 0.840 bits per heavy atom. The lowest BCUT2D eigenvalue weighted by Crippen LogP contribution is -2.62. The van der Waals surface area contributed by atoms with Crippen molar-refractivity contribution in [2.45, 2.75) is 50.0 Å². The molecule has 1 aliphatic rings. The van der Waals surface area contributed by atoms with Gasteiger partial charge in [0.15, 0.2) is 0 Å². The van der Waals surface area contributed by atoms with E-state index in [0.717, 1.165) is 25.7 Å². The van der Waals surface area contributed by atoms with Crippen molar-refractivity contribution in [1.82, 2.24) is 4.90 Å². The second kappa shape index (κ2) is 13.8. The predicted molar refractivity (Wildman–Crippen MR) is 92.4 cm³/mol. The van der Waals surface area contributed by atoms with E-state index < -0.39 is 24.4 Å². The molecule has 1 saturated heterocycles. The number of methoxy groups -OCH3 is 1. The molecule has 0 amide bonds. The molecule has 1 aliphatic heterocycles. The highest BCUT2D eigenvalue weighted by molar-refractivity contribution is 4.93. The van der Waals surface area contributed by atoms with E-state index >= 15 is 0 Å². The van der Waals surface area contributed by atoms with Crippen molar-refractivity contribution in [1.29, 1.82) is 0 Å². The number of aliphatic hydroxyl groups is 4. The fourth-order valence-electron chi connectivity index (χ4n) is 2.97. The van der Waals surface area contributed by atoms with E-state index in [0.29, 0.717) is 39.6 Å². The van der Waals surface area contributed by atoms with Crippen molar-refractivity contribution in [2.75, 3.05) is 59.8 Å². The molecular formula is C17H35NO7. The van der Waals surface area contributed by atoms with Gasteiger partial charge >= 0.3 is 0 Å². The summed E-state index contributed by atoms with van der Waals surface area (Å²) in [7, 11) is 1.64. The fourth-order valence-corrected chi connectivity index (χ4v) is 2.97. The maximum absolute atomic E-state index is 9.92. The molecule has 0 aliphatic carbocycles. The van der Waals surface area contributed by atoms with E-state index in [1.807, 2.05) is 4.90 Å². The van der Waals surface area contributed by atoms with Crippen LogP contribution in [0.2, 0.25) is 0 Å². The Bertz CT molecular complexity index is 321. The minimum absolute atomic E-state index is 0.231. The highest BCUT2D eigenvalue weighted by Gasteiger charge is 2.40. The van der Waals surface area contributed by atoms with Gasteiger partial charge in [0, 0.05) is 20.3 Å². The van der Waals surface area contributed by atoms with Crippen LogP contribution >= 0.6 is 0 Å². The minimum atomic E-state index is -1.19. The lowest BCUT2D eigenvalue weighted by molar-refractivity contribution is -0.145. The van der Waals surface area contributed by atoms with Crippen LogP contribution in [0.5, 0.6) is 0 Å². The van der Waals surface area contributed by atoms with Crippen molar-refractivity contribution in [3.8, 4) is 0 Å². The monoisotopic (exact) mass is 365 g/mol. The van der Waals surface area contributed by atoms with Crippen LogP contribution in [-0.4, -0.2) is 110 Å². The van der Waals surface area contributed by atoms with Gasteiger partial charge in [-0.05, 0) is 19.4 Å². The van der Waals surface area contributed by atoms with Gasteiger partial charge in [0.1, 0.15) is 12.2 Å². The number of aliphatic hydroxyl groups excluding tert-OH is 4. The molecule has 0 spiro atoms. The standard InChI is InChI=1S/C17H35NO7/c1-23-8-9-25-11-10-24-7-5-3-2-4-6-18-12-15(20)17(22)16(21)14(18)13-19/h14-17,19-22H,2-13H2,1H3/t14-,15+,16-,17-/m1/s1. The van der Waals surface area contributed by atoms with Crippen molar-refractivity contribution < 1.29 is 34.6 Å². The molecule has 0 bridgehead atoms. The third kappa shape index (κ3) is 8.74. The Morgan fingerprint density at radius 2 is 1.48 bits per heavy atom. The summed E-state index contributed by atoms with van der Waals surface area (Å²) in [6.45, 7) is 3.79. The number of hydrogen-bond donors (Lipinski definition) is 4. The van der Waals surface area contributed by atoms with E-state index in [1.54, 1.807) is 7.11 Å². The first-order chi connectivity index (χ1) is 12.1. The Kier molecular flexibility index (Phi) is 12.6. The molecule has 0 aromatic heterocycles. The molecular weight excluding hydrogens is 330 g/mol. The highest BCUT2D eigenvalue weighted by atomic mass is 16.5. The topological polar surface area (TPSA) is 112 Å². The summed E-state index contributed by atoms with van der Waals surface area (Å²) in [6, 6.07) is -0.514. The van der Waals surface area contributed by atoms with Crippen LogP contribution in [0, 0.1) is 0 Å². The number of ether oxygens (including phenoxy) is 3. The van der Waals surface area contributed by atoms with Crippen molar-refractivity contribution >= 4 is 0 Å². The smallest absolute Gasteiger partial charge is 0.109 e. The Labute approximate surface area is 150 Å². The first-order valence-electron chi connectivity index (χ1n) is 9.15. The number of β-amino-alcohol motifs (C(OH)–C–C–N with tert-alkyl or cyclic N) is 1. The Morgan fingerprint density at radius 3 is 2.16 bits per heavy atom. The van der Waals surface area contributed by atoms with Crippen LogP contribution in [0.25, 0.3) is 0 Å². The lowest BCUT2D eigenvalue weighted by atomic mass is 9.94. The van der Waals surface area contributed by atoms with Gasteiger partial charge in [-0.15, -0.1) is 0 Å². The molecule has 150 valence electrons. The van der Waals surface area contributed by atoms with Crippen LogP contribution in [0.3, 0.4) is 0 Å². The molecule has 0 aromatic carbocycles. The van der Waals surface area contributed by atoms with Gasteiger partial charge in [0.2, 0.25) is 0 Å². The first-order valence-corrected chi connectivity index (χ1v) is 9.15. The van der Waals surface area contributed by atoms with Gasteiger partial charge in [0.05, 0.1) is 45.2 Å². The molecule has 8 heteroatoms. The van der Waals surface area contributed by atoms with E-state index in [-0.39, 0.29) is 13.2 Å². The molecule has 1 fully saturated rings. The molecule has 0 radical (unpaired) electrons. The predicted octanol–water partition coefficient (Wildman–Crippen LogP) is -1.01. The Balaban J connectivity index is 2.00. The zero-order valence-electron chi connectivity index (χ0n) is 15.3. The summed E-state index contributed by atoms with van der Waals surface area (Å²) < 4.78 is 15.7. The van der Waals surface area contributed by atoms with Gasteiger partial charge in [-0.25, -0.2) is 0 Å². The summed E-state index contributed by atoms with van der Waals surface area (Å²) in [4.78, 5) is 1.86. The zero-order valence-corrected chi connectivity index (χ0v) is 15.3. The molecule has 1 heterocycles. The van der Waals surface area contributed by atoms with Crippen LogP contribution in [0.4, 0.5) is 0 Å². The van der Waals surface area contributed by atoms with Crippen LogP contribution in [0.1, 0.15) is 25.7 Å². The van der Waals surface area contributed by atoms with Gasteiger partial charge in [-0.2, -0.15) is 0 Å². The number of rotatable bonds is 14. The van der Waals surface area contributed by atoms with Crippen molar-refractivity contribution in [3.05, 3.63) is 0 Å². The highest BCUT2D eigenvalue weighted by Crippen LogP contribution is 2.19. The number of likely N-dealkylation sites (tertiary alicyclic amines) is 1. The number of unbranched alkanes of at least 4 members (excludes halogenated alkanes) is 3. The van der Waals surface area contributed by atoms with Crippen LogP contribution in [0.15, 0.2) is 0 Å². The van der Waals surface area contributed by atoms with E-state index in [1.165, 1.54) is 0 Å². The second-order valence-electron chi connectivity index (χ2n) is 6.43. The minimum Gasteiger partial charge on any atom is -0.395 e. The number of hydrogen-bond acceptors (Lipinski definition) is 8. The molecule has 25 heavy (non-hydrogen) atoms. The molecule has 0 unspecified atom stereocenters. The third-order valence-electron chi connectivity index (χ3n) is 4.50. The van der Waals surface area contributed by atoms with Crippen LogP contribution < -0.4 is 0 Å². The second-order valence-corrected chi connectivity index (χ2v) is 6.43. The Hall–Kier alpha value is -0.320. The third-order valence-corrected chi connectivity index (χ3v) is 4.50. The zero-order chi connectivity index (χ0) is 18.5. The summed E-state index contributed by atoms with van der Waals surface area (Å²) in [5.41, 5.74) is 0. The van der Waals surface area contributed by atoms with Crippen molar-refractivity contribution in [3.63, 3.8) is 0 Å². The number of piperidine rings is 1. The summed E-state index contributed by atoms with van der Waals surface area (Å²) >= 11 is 0. The van der Waals surface area contributed by atoms with E-state index in [9.17, 15) is 20.4 Å². The molecule has 8 nitrogen and oxygen atoms in total. The maximum atomic E-state index is 9.92. The molecule has 1 rings (SSSR count). The summed E-state index contributed by atoms with van der Waals surface area (Å²) in [5.74, 6) is 0. The molecule has 0 saturated carbocycles. The first kappa shape index (κ1) is 22.7. The summed E-state index contributed by atoms with van der Waals surface area (Å²) in [6.07, 6.45) is 0.652. The summed E-state index contributed by atoms with van der Waals surface area (Å²) in [5, 5.41) is 38.8. The molecule has 4 N–H and O–H groups in total. The largest absolute Gasteiger partial charge is 0.395 e. The maximum Gasteiger partial charge on any atom is 0.109 e. The van der Waals surface area contributed by atoms with E-state index in [2.05, 4.69) is 0 Å².